The number of nitrogens with one attached hydrogen (secondary N) is 1. The van der Waals surface area contributed by atoms with E-state index in [2.05, 4.69) is 12.2 Å². The molecule has 1 heterocycles. The number of esters is 1. The number of hydrogen-bond acceptors (Lipinski definition) is 5. The molecule has 1 saturated heterocycles. The number of benzene rings is 4. The van der Waals surface area contributed by atoms with E-state index in [4.69, 9.17) is 27.9 Å². The molecule has 244 valence electrons. The Kier molecular flexibility index (Phi) is 8.38. The first-order valence-electron chi connectivity index (χ1n) is 16.3. The molecule has 0 radical (unpaired) electrons. The van der Waals surface area contributed by atoms with Crippen molar-refractivity contribution in [1.82, 2.24) is 4.90 Å². The van der Waals surface area contributed by atoms with Gasteiger partial charge in [0.15, 0.2) is 0 Å². The van der Waals surface area contributed by atoms with Crippen molar-refractivity contribution in [2.24, 2.45) is 11.8 Å². The van der Waals surface area contributed by atoms with Crippen molar-refractivity contribution in [3.05, 3.63) is 137 Å². The van der Waals surface area contributed by atoms with Crippen LogP contribution in [0, 0.1) is 11.8 Å². The Bertz CT molecular complexity index is 1790. The van der Waals surface area contributed by atoms with Gasteiger partial charge in [0.25, 0.3) is 0 Å². The number of rotatable bonds is 10. The number of halogens is 2. The van der Waals surface area contributed by atoms with Crippen molar-refractivity contribution in [2.75, 3.05) is 11.9 Å². The van der Waals surface area contributed by atoms with Gasteiger partial charge in [0.2, 0.25) is 17.7 Å². The number of anilines is 1. The van der Waals surface area contributed by atoms with Crippen LogP contribution in [0.4, 0.5) is 5.69 Å². The molecule has 9 heteroatoms. The lowest BCUT2D eigenvalue weighted by Crippen LogP contribution is -2.57. The van der Waals surface area contributed by atoms with Crippen LogP contribution in [-0.2, 0) is 35.3 Å². The van der Waals surface area contributed by atoms with E-state index >= 15 is 0 Å². The van der Waals surface area contributed by atoms with Gasteiger partial charge in [-0.3, -0.25) is 19.3 Å². The summed E-state index contributed by atoms with van der Waals surface area (Å²) in [4.78, 5) is 54.4. The highest BCUT2D eigenvalue weighted by Crippen LogP contribution is 2.69. The van der Waals surface area contributed by atoms with Gasteiger partial charge in [0.05, 0.1) is 24.0 Å². The minimum atomic E-state index is -1.36. The zero-order valence-corrected chi connectivity index (χ0v) is 27.8. The van der Waals surface area contributed by atoms with E-state index in [1.807, 2.05) is 78.9 Å². The van der Waals surface area contributed by atoms with E-state index in [0.717, 1.165) is 29.7 Å². The second kappa shape index (κ2) is 12.5. The number of carbonyl (C=O) groups excluding carboxylic acids is 4. The molecule has 0 aromatic heterocycles. The molecule has 7 nitrogen and oxygen atoms in total. The van der Waals surface area contributed by atoms with Crippen LogP contribution in [0.2, 0.25) is 0 Å². The lowest BCUT2D eigenvalue weighted by Gasteiger charge is -2.54. The summed E-state index contributed by atoms with van der Waals surface area (Å²) < 4.78 is 5.35. The SMILES string of the molecule is CCCCCOC(=O)c1ccc(NC(=O)[C@H](Cc2ccccc2)N2C(=O)[C@@H]3[C@@H](C2=O)C2(Cl)c4ccccc4C3(Cl)c3ccccc32)cc1. The second-order valence-electron chi connectivity index (χ2n) is 12.6. The number of imide groups is 1. The average Bonchev–Trinajstić information content (AvgIpc) is 3.39. The molecule has 3 atom stereocenters. The van der Waals surface area contributed by atoms with Crippen molar-refractivity contribution in [2.45, 2.75) is 48.4 Å². The van der Waals surface area contributed by atoms with Gasteiger partial charge in [0.1, 0.15) is 15.8 Å². The maximum absolute atomic E-state index is 14.7. The molecule has 4 aromatic rings. The van der Waals surface area contributed by atoms with Gasteiger partial charge in [0, 0.05) is 12.1 Å². The number of unbranched alkanes of at least 4 members (excludes halogenated alkanes) is 2. The van der Waals surface area contributed by atoms with Crippen molar-refractivity contribution < 1.29 is 23.9 Å². The first kappa shape index (κ1) is 32.1. The van der Waals surface area contributed by atoms with Crippen LogP contribution in [0.5, 0.6) is 0 Å². The lowest BCUT2D eigenvalue weighted by molar-refractivity contribution is -0.146. The number of hydrogen-bond donors (Lipinski definition) is 1. The average molecular weight is 682 g/mol. The molecule has 3 amide bonds. The molecular formula is C39H34Cl2N2O5. The Morgan fingerprint density at radius 1 is 0.750 bits per heavy atom. The molecular weight excluding hydrogens is 647 g/mol. The van der Waals surface area contributed by atoms with Crippen LogP contribution in [0.3, 0.4) is 0 Å². The minimum absolute atomic E-state index is 0.0796. The first-order chi connectivity index (χ1) is 23.2. The smallest absolute Gasteiger partial charge is 0.338 e. The Labute approximate surface area is 289 Å². The summed E-state index contributed by atoms with van der Waals surface area (Å²) in [6.07, 6.45) is 2.87. The molecule has 2 bridgehead atoms. The summed E-state index contributed by atoms with van der Waals surface area (Å²) in [5.74, 6) is -4.12. The van der Waals surface area contributed by atoms with E-state index in [-0.39, 0.29) is 6.42 Å². The van der Waals surface area contributed by atoms with E-state index in [1.54, 1.807) is 24.3 Å². The molecule has 1 N–H and O–H groups in total. The van der Waals surface area contributed by atoms with Gasteiger partial charge in [-0.25, -0.2) is 4.79 Å². The molecule has 48 heavy (non-hydrogen) atoms. The third-order valence-corrected chi connectivity index (χ3v) is 11.2. The molecule has 0 saturated carbocycles. The molecule has 8 rings (SSSR count). The topological polar surface area (TPSA) is 92.8 Å². The van der Waals surface area contributed by atoms with Gasteiger partial charge in [-0.2, -0.15) is 0 Å². The minimum Gasteiger partial charge on any atom is -0.462 e. The van der Waals surface area contributed by atoms with E-state index < -0.39 is 51.3 Å². The number of alkyl halides is 2. The van der Waals surface area contributed by atoms with Crippen LogP contribution < -0.4 is 5.32 Å². The molecule has 4 aliphatic rings. The fourth-order valence-corrected chi connectivity index (χ4v) is 8.75. The molecule has 0 spiro atoms. The van der Waals surface area contributed by atoms with Crippen LogP contribution in [0.15, 0.2) is 103 Å². The summed E-state index contributed by atoms with van der Waals surface area (Å²) in [7, 11) is 0. The molecule has 1 fully saturated rings. The predicted octanol–water partition coefficient (Wildman–Crippen LogP) is 7.18. The highest BCUT2D eigenvalue weighted by Gasteiger charge is 2.73. The standard InChI is InChI=1S/C39H34Cl2N2O5/c1-2-3-11-22-48-37(47)25-18-20-26(21-19-25)42-34(44)31(23-24-12-5-4-6-13-24)43-35(45)32-33(36(43)46)39(41)28-15-8-7-14-27(28)38(32,40)29-16-9-10-17-30(29)39/h4-10,12-21,31-33H,2-3,11,22-23H2,1H3,(H,42,44)/t31-,32-,33-,38?,39?/m0/s1. The summed E-state index contributed by atoms with van der Waals surface area (Å²) in [5.41, 5.74) is 4.30. The van der Waals surface area contributed by atoms with E-state index in [0.29, 0.717) is 40.1 Å². The normalized spacial score (nSPS) is 24.0. The third kappa shape index (κ3) is 4.94. The van der Waals surface area contributed by atoms with Gasteiger partial charge >= 0.3 is 5.97 Å². The van der Waals surface area contributed by atoms with Crippen molar-refractivity contribution in [3.8, 4) is 0 Å². The summed E-state index contributed by atoms with van der Waals surface area (Å²) >= 11 is 15.2. The monoisotopic (exact) mass is 680 g/mol. The Morgan fingerprint density at radius 2 is 1.25 bits per heavy atom. The largest absolute Gasteiger partial charge is 0.462 e. The number of ether oxygens (including phenoxy) is 1. The summed E-state index contributed by atoms with van der Waals surface area (Å²) in [5, 5.41) is 2.88. The molecule has 0 unspecified atom stereocenters. The lowest BCUT2D eigenvalue weighted by atomic mass is 9.54. The maximum Gasteiger partial charge on any atom is 0.338 e. The van der Waals surface area contributed by atoms with Crippen molar-refractivity contribution in [3.63, 3.8) is 0 Å². The number of likely N-dealkylation sites (tertiary alicyclic amines) is 1. The molecule has 4 aromatic carbocycles. The van der Waals surface area contributed by atoms with Crippen molar-refractivity contribution in [1.29, 1.82) is 0 Å². The molecule has 1 aliphatic heterocycles. The Balaban J connectivity index is 1.23. The molecule has 3 aliphatic carbocycles. The quantitative estimate of drug-likeness (QED) is 0.0829. The van der Waals surface area contributed by atoms with Crippen LogP contribution >= 0.6 is 23.2 Å². The summed E-state index contributed by atoms with van der Waals surface area (Å²) in [6, 6.07) is 29.2. The number of carbonyl (C=O) groups is 4. The highest BCUT2D eigenvalue weighted by atomic mass is 35.5. The van der Waals surface area contributed by atoms with E-state index in [9.17, 15) is 19.2 Å². The van der Waals surface area contributed by atoms with Gasteiger partial charge < -0.3 is 10.1 Å². The number of amides is 3. The predicted molar refractivity (Wildman–Crippen MR) is 184 cm³/mol. The fourth-order valence-electron chi connectivity index (χ4n) is 7.65. The fraction of sp³-hybridized carbons (Fsp3) is 0.282. The van der Waals surface area contributed by atoms with Gasteiger partial charge in [-0.1, -0.05) is 98.6 Å². The second-order valence-corrected chi connectivity index (χ2v) is 13.8. The zero-order chi connectivity index (χ0) is 33.6. The van der Waals surface area contributed by atoms with Crippen LogP contribution in [0.25, 0.3) is 0 Å². The summed E-state index contributed by atoms with van der Waals surface area (Å²) in [6.45, 7) is 2.42. The maximum atomic E-state index is 14.7. The van der Waals surface area contributed by atoms with Gasteiger partial charge in [-0.15, -0.1) is 23.2 Å². The number of nitrogens with zero attached hydrogens (tertiary/aromatic N) is 1. The van der Waals surface area contributed by atoms with E-state index in [1.165, 1.54) is 0 Å². The Morgan fingerprint density at radius 3 is 1.75 bits per heavy atom. The highest BCUT2D eigenvalue weighted by molar-refractivity contribution is 6.36. The third-order valence-electron chi connectivity index (χ3n) is 9.87. The first-order valence-corrected chi connectivity index (χ1v) is 17.0. The zero-order valence-electron chi connectivity index (χ0n) is 26.3. The van der Waals surface area contributed by atoms with Crippen molar-refractivity contribution >= 4 is 52.6 Å². The van der Waals surface area contributed by atoms with Gasteiger partial charge in [-0.05, 0) is 58.5 Å². The van der Waals surface area contributed by atoms with Crippen LogP contribution in [0.1, 0.15) is 64.4 Å². The van der Waals surface area contributed by atoms with Crippen LogP contribution in [-0.4, -0.2) is 41.2 Å². The Hall–Kier alpha value is -4.46.